The summed E-state index contributed by atoms with van der Waals surface area (Å²) in [5.74, 6) is -0.237. The molecule has 6 heteroatoms. The van der Waals surface area contributed by atoms with E-state index in [1.54, 1.807) is 36.9 Å². The van der Waals surface area contributed by atoms with Gasteiger partial charge in [-0.05, 0) is 31.0 Å². The predicted octanol–water partition coefficient (Wildman–Crippen LogP) is 4.04. The van der Waals surface area contributed by atoms with Crippen LogP contribution in [0.5, 0.6) is 0 Å². The van der Waals surface area contributed by atoms with E-state index in [0.717, 1.165) is 18.4 Å². The van der Waals surface area contributed by atoms with Crippen molar-refractivity contribution in [3.8, 4) is 0 Å². The summed E-state index contributed by atoms with van der Waals surface area (Å²) in [5.41, 5.74) is 0.770. The third kappa shape index (κ3) is 6.04. The molecule has 0 saturated heterocycles. The molecule has 128 valence electrons. The van der Waals surface area contributed by atoms with Crippen molar-refractivity contribution in [2.45, 2.75) is 52.6 Å². The van der Waals surface area contributed by atoms with Gasteiger partial charge in [0.25, 0.3) is 0 Å². The highest BCUT2D eigenvalue weighted by Crippen LogP contribution is 2.23. The summed E-state index contributed by atoms with van der Waals surface area (Å²) < 4.78 is 0. The maximum Gasteiger partial charge on any atom is 0.242 e. The Kier molecular flexibility index (Phi) is 8.42. The molecule has 1 N–H and O–H groups in total. The molecule has 4 nitrogen and oxygen atoms in total. The molecule has 0 saturated carbocycles. The smallest absolute Gasteiger partial charge is 0.242 e. The van der Waals surface area contributed by atoms with Crippen LogP contribution in [0, 0.1) is 0 Å². The molecule has 0 aliphatic rings. The van der Waals surface area contributed by atoms with Gasteiger partial charge in [-0.25, -0.2) is 0 Å². The van der Waals surface area contributed by atoms with Gasteiger partial charge in [-0.1, -0.05) is 49.5 Å². The number of hydrogen-bond donors (Lipinski definition) is 1. The number of hydrogen-bond acceptors (Lipinski definition) is 2. The molecule has 23 heavy (non-hydrogen) atoms. The van der Waals surface area contributed by atoms with Crippen LogP contribution in [0.2, 0.25) is 10.0 Å². The van der Waals surface area contributed by atoms with Crippen molar-refractivity contribution in [3.05, 3.63) is 33.8 Å². The van der Waals surface area contributed by atoms with Crippen LogP contribution in [0.25, 0.3) is 0 Å². The van der Waals surface area contributed by atoms with E-state index in [4.69, 9.17) is 23.2 Å². The molecule has 0 aliphatic heterocycles. The molecule has 2 amide bonds. The summed E-state index contributed by atoms with van der Waals surface area (Å²) in [6.07, 6.45) is 2.26. The Morgan fingerprint density at radius 2 is 1.96 bits per heavy atom. The zero-order valence-electron chi connectivity index (χ0n) is 13.9. The number of amides is 2. The number of benzene rings is 1. The van der Waals surface area contributed by atoms with Gasteiger partial charge in [0.15, 0.2) is 0 Å². The molecular formula is C17H24Cl2N2O2. The first-order chi connectivity index (χ1) is 10.9. The molecule has 1 atom stereocenters. The van der Waals surface area contributed by atoms with Crippen molar-refractivity contribution in [2.24, 2.45) is 0 Å². The van der Waals surface area contributed by atoms with Crippen molar-refractivity contribution in [1.82, 2.24) is 10.2 Å². The Hall–Kier alpha value is -1.26. The predicted molar refractivity (Wildman–Crippen MR) is 94.7 cm³/mol. The SMILES string of the molecule is CCCCNC(=O)[C@H](C)N(Cc1ccc(Cl)cc1Cl)C(=O)CC. The van der Waals surface area contributed by atoms with Gasteiger partial charge in [-0.15, -0.1) is 0 Å². The number of halogens is 2. The highest BCUT2D eigenvalue weighted by Gasteiger charge is 2.25. The Bertz CT molecular complexity index is 549. The van der Waals surface area contributed by atoms with Gasteiger partial charge >= 0.3 is 0 Å². The van der Waals surface area contributed by atoms with E-state index in [-0.39, 0.29) is 18.4 Å². The minimum atomic E-state index is -0.550. The van der Waals surface area contributed by atoms with E-state index in [9.17, 15) is 9.59 Å². The summed E-state index contributed by atoms with van der Waals surface area (Å²) in [7, 11) is 0. The fourth-order valence-electron chi connectivity index (χ4n) is 2.16. The lowest BCUT2D eigenvalue weighted by molar-refractivity contribution is -0.140. The van der Waals surface area contributed by atoms with E-state index in [2.05, 4.69) is 12.2 Å². The Morgan fingerprint density at radius 1 is 1.26 bits per heavy atom. The lowest BCUT2D eigenvalue weighted by Crippen LogP contribution is -2.47. The topological polar surface area (TPSA) is 49.4 Å². The van der Waals surface area contributed by atoms with E-state index in [1.165, 1.54) is 0 Å². The first-order valence-corrected chi connectivity index (χ1v) is 8.67. The third-order valence-electron chi connectivity index (χ3n) is 3.66. The quantitative estimate of drug-likeness (QED) is 0.713. The second kappa shape index (κ2) is 9.78. The highest BCUT2D eigenvalue weighted by atomic mass is 35.5. The standard InChI is InChI=1S/C17H24Cl2N2O2/c1-4-6-9-20-17(23)12(3)21(16(22)5-2)11-13-7-8-14(18)10-15(13)19/h7-8,10,12H,4-6,9,11H2,1-3H3,(H,20,23)/t12-/m0/s1. The van der Waals surface area contributed by atoms with Gasteiger partial charge in [-0.3, -0.25) is 9.59 Å². The Labute approximate surface area is 148 Å². The van der Waals surface area contributed by atoms with Crippen molar-refractivity contribution >= 4 is 35.0 Å². The summed E-state index contributed by atoms with van der Waals surface area (Å²) >= 11 is 12.1. The zero-order valence-corrected chi connectivity index (χ0v) is 15.4. The van der Waals surface area contributed by atoms with E-state index < -0.39 is 6.04 Å². The number of carbonyl (C=O) groups is 2. The second-order valence-electron chi connectivity index (χ2n) is 5.43. The summed E-state index contributed by atoms with van der Waals surface area (Å²) in [5, 5.41) is 3.90. The number of carbonyl (C=O) groups excluding carboxylic acids is 2. The molecular weight excluding hydrogens is 335 g/mol. The summed E-state index contributed by atoms with van der Waals surface area (Å²) in [4.78, 5) is 26.0. The van der Waals surface area contributed by atoms with Crippen molar-refractivity contribution in [2.75, 3.05) is 6.54 Å². The zero-order chi connectivity index (χ0) is 17.4. The van der Waals surface area contributed by atoms with Crippen molar-refractivity contribution in [1.29, 1.82) is 0 Å². The van der Waals surface area contributed by atoms with Crippen LogP contribution in [0.3, 0.4) is 0 Å². The van der Waals surface area contributed by atoms with Crippen LogP contribution in [0.15, 0.2) is 18.2 Å². The van der Waals surface area contributed by atoms with Crippen LogP contribution in [0.1, 0.15) is 45.6 Å². The van der Waals surface area contributed by atoms with Gasteiger partial charge in [-0.2, -0.15) is 0 Å². The van der Waals surface area contributed by atoms with Gasteiger partial charge < -0.3 is 10.2 Å². The molecule has 0 fully saturated rings. The maximum absolute atomic E-state index is 12.2. The number of nitrogens with zero attached hydrogens (tertiary/aromatic N) is 1. The minimum absolute atomic E-state index is 0.0887. The molecule has 0 unspecified atom stereocenters. The lowest BCUT2D eigenvalue weighted by Gasteiger charge is -2.28. The summed E-state index contributed by atoms with van der Waals surface area (Å²) in [6, 6.07) is 4.59. The first kappa shape index (κ1) is 19.8. The van der Waals surface area contributed by atoms with E-state index >= 15 is 0 Å². The molecule has 0 bridgehead atoms. The Balaban J connectivity index is 2.87. The second-order valence-corrected chi connectivity index (χ2v) is 6.28. The van der Waals surface area contributed by atoms with Gasteiger partial charge in [0.1, 0.15) is 6.04 Å². The fraction of sp³-hybridized carbons (Fsp3) is 0.529. The van der Waals surface area contributed by atoms with Crippen LogP contribution in [0.4, 0.5) is 0 Å². The molecule has 0 radical (unpaired) electrons. The number of unbranched alkanes of at least 4 members (excludes halogenated alkanes) is 1. The van der Waals surface area contributed by atoms with Crippen molar-refractivity contribution in [3.63, 3.8) is 0 Å². The normalized spacial score (nSPS) is 11.9. The molecule has 1 rings (SSSR count). The average molecular weight is 359 g/mol. The van der Waals surface area contributed by atoms with Crippen molar-refractivity contribution < 1.29 is 9.59 Å². The maximum atomic E-state index is 12.2. The molecule has 1 aromatic rings. The third-order valence-corrected chi connectivity index (χ3v) is 4.24. The number of rotatable bonds is 8. The average Bonchev–Trinajstić information content (AvgIpc) is 2.53. The highest BCUT2D eigenvalue weighted by molar-refractivity contribution is 6.35. The van der Waals surface area contributed by atoms with E-state index in [1.807, 2.05) is 0 Å². The molecule has 0 spiro atoms. The fourth-order valence-corrected chi connectivity index (χ4v) is 2.62. The van der Waals surface area contributed by atoms with Gasteiger partial charge in [0.05, 0.1) is 0 Å². The summed E-state index contributed by atoms with van der Waals surface area (Å²) in [6.45, 7) is 6.48. The minimum Gasteiger partial charge on any atom is -0.354 e. The molecule has 0 aromatic heterocycles. The molecule has 1 aromatic carbocycles. The number of nitrogens with one attached hydrogen (secondary N) is 1. The van der Waals surface area contributed by atoms with Gasteiger partial charge in [0.2, 0.25) is 11.8 Å². The van der Waals surface area contributed by atoms with Crippen LogP contribution >= 0.6 is 23.2 Å². The first-order valence-electron chi connectivity index (χ1n) is 7.91. The van der Waals surface area contributed by atoms with Crippen LogP contribution in [-0.4, -0.2) is 29.3 Å². The van der Waals surface area contributed by atoms with Crippen LogP contribution in [-0.2, 0) is 16.1 Å². The van der Waals surface area contributed by atoms with Crippen LogP contribution < -0.4 is 5.32 Å². The van der Waals surface area contributed by atoms with E-state index in [0.29, 0.717) is 23.0 Å². The monoisotopic (exact) mass is 358 g/mol. The Morgan fingerprint density at radius 3 is 2.52 bits per heavy atom. The molecule has 0 heterocycles. The molecule has 0 aliphatic carbocycles. The lowest BCUT2D eigenvalue weighted by atomic mass is 10.1. The van der Waals surface area contributed by atoms with Gasteiger partial charge in [0, 0.05) is 29.6 Å². The largest absolute Gasteiger partial charge is 0.354 e.